The lowest BCUT2D eigenvalue weighted by molar-refractivity contribution is 0.129. The van der Waals surface area contributed by atoms with Gasteiger partial charge in [0.2, 0.25) is 0 Å². The number of amides is 1. The van der Waals surface area contributed by atoms with Crippen LogP contribution in [0.25, 0.3) is 0 Å². The first kappa shape index (κ1) is 11.4. The normalized spacial score (nSPS) is 10.2. The van der Waals surface area contributed by atoms with Gasteiger partial charge in [-0.1, -0.05) is 6.07 Å². The third-order valence-corrected chi connectivity index (χ3v) is 1.53. The van der Waals surface area contributed by atoms with Gasteiger partial charge in [-0.05, 0) is 26.0 Å². The second-order valence-corrected chi connectivity index (χ2v) is 3.18. The second kappa shape index (κ2) is 4.72. The van der Waals surface area contributed by atoms with Gasteiger partial charge in [0.05, 0.1) is 6.10 Å². The third kappa shape index (κ3) is 3.19. The number of hydrogen-bond acceptors (Lipinski definition) is 2. The Morgan fingerprint density at radius 3 is 2.33 bits per heavy atom. The fraction of sp³-hybridized carbons (Fsp3) is 0.300. The van der Waals surface area contributed by atoms with E-state index in [9.17, 15) is 13.6 Å². The van der Waals surface area contributed by atoms with Gasteiger partial charge < -0.3 is 4.74 Å². The van der Waals surface area contributed by atoms with E-state index in [0.717, 1.165) is 12.1 Å². The zero-order chi connectivity index (χ0) is 11.4. The fourth-order valence-electron chi connectivity index (χ4n) is 0.963. The molecular weight excluding hydrogens is 204 g/mol. The van der Waals surface area contributed by atoms with Crippen molar-refractivity contribution in [3.05, 3.63) is 29.8 Å². The molecule has 0 aliphatic carbocycles. The van der Waals surface area contributed by atoms with Crippen molar-refractivity contribution in [2.75, 3.05) is 5.32 Å². The standard InChI is InChI=1S/C10H11F2NO2/c1-6(2)15-10(14)13-9-7(11)4-3-5-8(9)12/h3-6H,1-2H3,(H,13,14). The van der Waals surface area contributed by atoms with Gasteiger partial charge in [-0.3, -0.25) is 5.32 Å². The van der Waals surface area contributed by atoms with E-state index < -0.39 is 23.4 Å². The molecule has 5 heteroatoms. The maximum absolute atomic E-state index is 13.0. The molecule has 82 valence electrons. The topological polar surface area (TPSA) is 38.3 Å². The highest BCUT2D eigenvalue weighted by molar-refractivity contribution is 5.84. The van der Waals surface area contributed by atoms with E-state index in [1.54, 1.807) is 13.8 Å². The van der Waals surface area contributed by atoms with E-state index in [-0.39, 0.29) is 6.10 Å². The minimum Gasteiger partial charge on any atom is -0.447 e. The summed E-state index contributed by atoms with van der Waals surface area (Å²) in [5, 5.41) is 2.00. The molecule has 0 radical (unpaired) electrons. The lowest BCUT2D eigenvalue weighted by Gasteiger charge is -2.10. The second-order valence-electron chi connectivity index (χ2n) is 3.18. The summed E-state index contributed by atoms with van der Waals surface area (Å²) in [7, 11) is 0. The summed E-state index contributed by atoms with van der Waals surface area (Å²) < 4.78 is 30.8. The molecule has 0 aromatic heterocycles. The first-order chi connectivity index (χ1) is 7.00. The van der Waals surface area contributed by atoms with E-state index in [1.807, 2.05) is 5.32 Å². The number of hydrogen-bond donors (Lipinski definition) is 1. The van der Waals surface area contributed by atoms with Crippen molar-refractivity contribution < 1.29 is 18.3 Å². The summed E-state index contributed by atoms with van der Waals surface area (Å²) in [5.74, 6) is -1.67. The van der Waals surface area contributed by atoms with E-state index >= 15 is 0 Å². The molecule has 0 heterocycles. The number of nitrogens with one attached hydrogen (secondary N) is 1. The minimum absolute atomic E-state index is 0.347. The van der Waals surface area contributed by atoms with Crippen molar-refractivity contribution >= 4 is 11.8 Å². The Labute approximate surface area is 86.0 Å². The van der Waals surface area contributed by atoms with Crippen molar-refractivity contribution in [3.8, 4) is 0 Å². The molecule has 0 unspecified atom stereocenters. The molecule has 0 atom stereocenters. The van der Waals surface area contributed by atoms with Crippen LogP contribution < -0.4 is 5.32 Å². The average molecular weight is 215 g/mol. The van der Waals surface area contributed by atoms with Crippen LogP contribution in [0.1, 0.15) is 13.8 Å². The van der Waals surface area contributed by atoms with Crippen molar-refractivity contribution in [2.45, 2.75) is 20.0 Å². The van der Waals surface area contributed by atoms with Crippen LogP contribution in [0.2, 0.25) is 0 Å². The Kier molecular flexibility index (Phi) is 3.60. The Balaban J connectivity index is 2.76. The van der Waals surface area contributed by atoms with Crippen molar-refractivity contribution in [3.63, 3.8) is 0 Å². The molecule has 1 N–H and O–H groups in total. The van der Waals surface area contributed by atoms with Crippen molar-refractivity contribution in [2.24, 2.45) is 0 Å². The Hall–Kier alpha value is -1.65. The maximum Gasteiger partial charge on any atom is 0.412 e. The Morgan fingerprint density at radius 2 is 1.87 bits per heavy atom. The molecule has 0 aliphatic heterocycles. The Bertz CT molecular complexity index is 346. The summed E-state index contributed by atoms with van der Waals surface area (Å²) >= 11 is 0. The number of carbonyl (C=O) groups excluding carboxylic acids is 1. The highest BCUT2D eigenvalue weighted by Gasteiger charge is 2.13. The van der Waals surface area contributed by atoms with Crippen LogP contribution in [-0.2, 0) is 4.74 Å². The molecule has 1 aromatic rings. The molecule has 0 saturated carbocycles. The summed E-state index contributed by atoms with van der Waals surface area (Å²) in [4.78, 5) is 11.1. The van der Waals surface area contributed by atoms with Crippen LogP contribution in [0.4, 0.5) is 19.3 Å². The van der Waals surface area contributed by atoms with Gasteiger partial charge in [0.1, 0.15) is 17.3 Å². The van der Waals surface area contributed by atoms with Gasteiger partial charge in [0.25, 0.3) is 0 Å². The molecule has 1 amide bonds. The zero-order valence-corrected chi connectivity index (χ0v) is 8.38. The number of para-hydroxylation sites is 1. The summed E-state index contributed by atoms with van der Waals surface area (Å²) in [6.07, 6.45) is -1.23. The van der Waals surface area contributed by atoms with Crippen LogP contribution >= 0.6 is 0 Å². The van der Waals surface area contributed by atoms with E-state index in [4.69, 9.17) is 0 Å². The molecule has 1 aromatic carbocycles. The van der Waals surface area contributed by atoms with Gasteiger partial charge >= 0.3 is 6.09 Å². The molecule has 0 saturated heterocycles. The molecule has 0 aliphatic rings. The van der Waals surface area contributed by atoms with Gasteiger partial charge in [0, 0.05) is 0 Å². The predicted octanol–water partition coefficient (Wildman–Crippen LogP) is 2.92. The van der Waals surface area contributed by atoms with Gasteiger partial charge in [-0.2, -0.15) is 0 Å². The first-order valence-corrected chi connectivity index (χ1v) is 4.42. The van der Waals surface area contributed by atoms with Gasteiger partial charge in [0.15, 0.2) is 0 Å². The van der Waals surface area contributed by atoms with Crippen molar-refractivity contribution in [1.29, 1.82) is 0 Å². The van der Waals surface area contributed by atoms with Gasteiger partial charge in [-0.15, -0.1) is 0 Å². The average Bonchev–Trinajstić information content (AvgIpc) is 2.10. The van der Waals surface area contributed by atoms with Crippen LogP contribution in [0.5, 0.6) is 0 Å². The highest BCUT2D eigenvalue weighted by Crippen LogP contribution is 2.18. The molecule has 3 nitrogen and oxygen atoms in total. The first-order valence-electron chi connectivity index (χ1n) is 4.42. The lowest BCUT2D eigenvalue weighted by Crippen LogP contribution is -2.19. The quantitative estimate of drug-likeness (QED) is 0.823. The summed E-state index contributed by atoms with van der Waals surface area (Å²) in [5.41, 5.74) is -0.497. The number of rotatable bonds is 2. The summed E-state index contributed by atoms with van der Waals surface area (Å²) in [6.45, 7) is 3.27. The number of halogens is 2. The van der Waals surface area contributed by atoms with E-state index in [0.29, 0.717) is 0 Å². The van der Waals surface area contributed by atoms with Crippen LogP contribution in [0.3, 0.4) is 0 Å². The van der Waals surface area contributed by atoms with E-state index in [2.05, 4.69) is 4.74 Å². The molecule has 0 spiro atoms. The molecule has 1 rings (SSSR count). The predicted molar refractivity (Wildman–Crippen MR) is 51.6 cm³/mol. The SMILES string of the molecule is CC(C)OC(=O)Nc1c(F)cccc1F. The fourth-order valence-corrected chi connectivity index (χ4v) is 0.963. The molecule has 0 fully saturated rings. The number of benzene rings is 1. The van der Waals surface area contributed by atoms with Crippen molar-refractivity contribution in [1.82, 2.24) is 0 Å². The third-order valence-electron chi connectivity index (χ3n) is 1.53. The minimum atomic E-state index is -0.881. The van der Waals surface area contributed by atoms with Crippen LogP contribution in [0.15, 0.2) is 18.2 Å². The van der Waals surface area contributed by atoms with Crippen LogP contribution in [0, 0.1) is 11.6 Å². The lowest BCUT2D eigenvalue weighted by atomic mass is 10.3. The molecule has 15 heavy (non-hydrogen) atoms. The number of ether oxygens (including phenoxy) is 1. The summed E-state index contributed by atoms with van der Waals surface area (Å²) in [6, 6.07) is 3.31. The van der Waals surface area contributed by atoms with Crippen LogP contribution in [-0.4, -0.2) is 12.2 Å². The van der Waals surface area contributed by atoms with E-state index in [1.165, 1.54) is 6.07 Å². The zero-order valence-electron chi connectivity index (χ0n) is 8.38. The smallest absolute Gasteiger partial charge is 0.412 e. The molecule has 0 bridgehead atoms. The Morgan fingerprint density at radius 1 is 1.33 bits per heavy atom. The number of anilines is 1. The van der Waals surface area contributed by atoms with Gasteiger partial charge in [-0.25, -0.2) is 13.6 Å². The maximum atomic E-state index is 13.0. The monoisotopic (exact) mass is 215 g/mol. The highest BCUT2D eigenvalue weighted by atomic mass is 19.1. The molecular formula is C10H11F2NO2. The number of carbonyl (C=O) groups is 1. The largest absolute Gasteiger partial charge is 0.447 e.